The van der Waals surface area contributed by atoms with Gasteiger partial charge in [-0.2, -0.15) is 0 Å². The minimum atomic E-state index is -2.38. The van der Waals surface area contributed by atoms with Crippen molar-refractivity contribution in [1.82, 2.24) is 0 Å². The topological polar surface area (TPSA) is 20.2 Å². The molecule has 0 aliphatic rings. The van der Waals surface area contributed by atoms with Crippen LogP contribution >= 0.6 is 30.4 Å². The van der Waals surface area contributed by atoms with Crippen molar-refractivity contribution in [3.8, 4) is 0 Å². The minimum absolute atomic E-state index is 0.793. The summed E-state index contributed by atoms with van der Waals surface area (Å²) in [6.45, 7) is 0. The van der Waals surface area contributed by atoms with Crippen molar-refractivity contribution < 1.29 is 4.89 Å². The molecule has 0 saturated carbocycles. The van der Waals surface area contributed by atoms with Gasteiger partial charge in [-0.1, -0.05) is 18.2 Å². The van der Waals surface area contributed by atoms with E-state index in [0.717, 1.165) is 5.30 Å². The van der Waals surface area contributed by atoms with E-state index in [0.29, 0.717) is 0 Å². The zero-order valence-electron chi connectivity index (χ0n) is 5.18. The Hall–Kier alpha value is 0.310. The highest BCUT2D eigenvalue weighted by Crippen LogP contribution is 2.62. The lowest BCUT2D eigenvalue weighted by Gasteiger charge is -2.02. The summed E-state index contributed by atoms with van der Waals surface area (Å²) >= 11 is 7.95. The molecule has 0 fully saturated rings. The molecule has 1 aromatic rings. The molecular formula is C6H8OPS2+. The summed E-state index contributed by atoms with van der Waals surface area (Å²) in [6.07, 6.45) is 0. The molecule has 0 saturated heterocycles. The van der Waals surface area contributed by atoms with Gasteiger partial charge in [-0.15, -0.1) is 0 Å². The average molecular weight is 191 g/mol. The van der Waals surface area contributed by atoms with Gasteiger partial charge in [0, 0.05) is 0 Å². The molecule has 4 heteroatoms. The van der Waals surface area contributed by atoms with Crippen molar-refractivity contribution in [3.05, 3.63) is 30.3 Å². The van der Waals surface area contributed by atoms with Gasteiger partial charge in [0.05, 0.1) is 24.5 Å². The molecule has 0 spiro atoms. The minimum Gasteiger partial charge on any atom is -0.222 e. The van der Waals surface area contributed by atoms with Crippen molar-refractivity contribution in [3.63, 3.8) is 0 Å². The molecule has 0 atom stereocenters. The molecule has 0 aliphatic carbocycles. The van der Waals surface area contributed by atoms with Gasteiger partial charge < -0.3 is 0 Å². The van der Waals surface area contributed by atoms with E-state index in [2.05, 4.69) is 24.5 Å². The first-order valence-corrected chi connectivity index (χ1v) is 6.78. The van der Waals surface area contributed by atoms with Gasteiger partial charge in [-0.3, -0.25) is 0 Å². The summed E-state index contributed by atoms with van der Waals surface area (Å²) in [6, 6.07) is 9.22. The maximum atomic E-state index is 9.33. The molecule has 0 radical (unpaired) electrons. The van der Waals surface area contributed by atoms with Crippen LogP contribution in [-0.2, 0) is 0 Å². The molecule has 0 amide bonds. The second-order valence-corrected chi connectivity index (χ2v) is 7.98. The highest BCUT2D eigenvalue weighted by atomic mass is 33.1. The zero-order valence-corrected chi connectivity index (χ0v) is 7.86. The van der Waals surface area contributed by atoms with Gasteiger partial charge in [-0.25, -0.2) is 4.89 Å². The smallest absolute Gasteiger partial charge is 0.222 e. The van der Waals surface area contributed by atoms with Crippen LogP contribution in [0.3, 0.4) is 0 Å². The van der Waals surface area contributed by atoms with Gasteiger partial charge in [0.25, 0.3) is 5.89 Å². The van der Waals surface area contributed by atoms with E-state index < -0.39 is 5.89 Å². The standard InChI is InChI=1S/C6H8OPS2/c7-8(9,10)6-4-2-1-3-5-6/h1-5,7,9-10H/q+1. The highest BCUT2D eigenvalue weighted by Gasteiger charge is 2.28. The van der Waals surface area contributed by atoms with Gasteiger partial charge in [0.1, 0.15) is 5.30 Å². The fourth-order valence-corrected chi connectivity index (χ4v) is 2.00. The van der Waals surface area contributed by atoms with Crippen molar-refractivity contribution >= 4 is 35.7 Å². The summed E-state index contributed by atoms with van der Waals surface area (Å²) in [5.41, 5.74) is 0. The first-order valence-electron chi connectivity index (χ1n) is 2.73. The van der Waals surface area contributed by atoms with Gasteiger partial charge in [-0.05, 0) is 12.1 Å². The third-order valence-electron chi connectivity index (χ3n) is 1.10. The SMILES string of the molecule is O[P+](S)(S)c1ccccc1. The number of rotatable bonds is 1. The van der Waals surface area contributed by atoms with Crippen LogP contribution in [0.5, 0.6) is 0 Å². The van der Waals surface area contributed by atoms with Crippen molar-refractivity contribution in [2.24, 2.45) is 0 Å². The van der Waals surface area contributed by atoms with Crippen LogP contribution in [0.2, 0.25) is 0 Å². The van der Waals surface area contributed by atoms with Gasteiger partial charge in [0.15, 0.2) is 0 Å². The summed E-state index contributed by atoms with van der Waals surface area (Å²) in [5.74, 6) is -2.38. The number of thiol groups is 2. The molecular weight excluding hydrogens is 183 g/mol. The van der Waals surface area contributed by atoms with E-state index in [1.807, 2.05) is 30.3 Å². The number of benzene rings is 1. The molecule has 10 heavy (non-hydrogen) atoms. The summed E-state index contributed by atoms with van der Waals surface area (Å²) in [5, 5.41) is 0.793. The van der Waals surface area contributed by atoms with E-state index in [-0.39, 0.29) is 0 Å². The number of hydrogen-bond acceptors (Lipinski definition) is 3. The van der Waals surface area contributed by atoms with Crippen LogP contribution in [0.1, 0.15) is 0 Å². The van der Waals surface area contributed by atoms with Gasteiger partial charge >= 0.3 is 0 Å². The maximum Gasteiger partial charge on any atom is 0.284 e. The van der Waals surface area contributed by atoms with Crippen molar-refractivity contribution in [2.45, 2.75) is 0 Å². The Labute approximate surface area is 71.2 Å². The lowest BCUT2D eigenvalue weighted by molar-refractivity contribution is 0.646. The molecule has 0 aliphatic heterocycles. The third-order valence-corrected chi connectivity index (χ3v) is 3.48. The molecule has 1 nitrogen and oxygen atoms in total. The van der Waals surface area contributed by atoms with Crippen LogP contribution in [0.4, 0.5) is 0 Å². The Morgan fingerprint density at radius 3 is 1.90 bits per heavy atom. The lowest BCUT2D eigenvalue weighted by Crippen LogP contribution is -1.99. The molecule has 0 heterocycles. The van der Waals surface area contributed by atoms with Crippen LogP contribution in [0.15, 0.2) is 30.3 Å². The van der Waals surface area contributed by atoms with E-state index in [1.165, 1.54) is 0 Å². The van der Waals surface area contributed by atoms with Crippen LogP contribution in [0.25, 0.3) is 0 Å². The van der Waals surface area contributed by atoms with Crippen LogP contribution in [-0.4, -0.2) is 4.89 Å². The first-order chi connectivity index (χ1) is 4.61. The van der Waals surface area contributed by atoms with E-state index >= 15 is 0 Å². The molecule has 54 valence electrons. The van der Waals surface area contributed by atoms with Gasteiger partial charge in [0.2, 0.25) is 0 Å². The Morgan fingerprint density at radius 2 is 1.60 bits per heavy atom. The molecule has 1 N–H and O–H groups in total. The monoisotopic (exact) mass is 191 g/mol. The summed E-state index contributed by atoms with van der Waals surface area (Å²) < 4.78 is 0. The summed E-state index contributed by atoms with van der Waals surface area (Å²) in [7, 11) is 0. The fourth-order valence-electron chi connectivity index (χ4n) is 0.628. The first kappa shape index (κ1) is 8.41. The van der Waals surface area contributed by atoms with Crippen LogP contribution in [0, 0.1) is 0 Å². The molecule has 1 aromatic carbocycles. The average Bonchev–Trinajstić information content (AvgIpc) is 1.88. The summed E-state index contributed by atoms with van der Waals surface area (Å²) in [4.78, 5) is 9.33. The quantitative estimate of drug-likeness (QED) is 0.457. The second kappa shape index (κ2) is 3.14. The van der Waals surface area contributed by atoms with Crippen molar-refractivity contribution in [1.29, 1.82) is 0 Å². The predicted molar refractivity (Wildman–Crippen MR) is 53.2 cm³/mol. The Balaban J connectivity index is 2.97. The maximum absolute atomic E-state index is 9.33. The zero-order chi connectivity index (χ0) is 7.61. The van der Waals surface area contributed by atoms with E-state index in [4.69, 9.17) is 0 Å². The molecule has 0 aromatic heterocycles. The Morgan fingerprint density at radius 1 is 1.10 bits per heavy atom. The molecule has 0 unspecified atom stereocenters. The number of hydrogen-bond donors (Lipinski definition) is 3. The van der Waals surface area contributed by atoms with Crippen LogP contribution < -0.4 is 5.30 Å². The Bertz CT molecular complexity index is 207. The fraction of sp³-hybridized carbons (Fsp3) is 0. The highest BCUT2D eigenvalue weighted by molar-refractivity contribution is 8.85. The van der Waals surface area contributed by atoms with E-state index in [9.17, 15) is 4.89 Å². The molecule has 1 rings (SSSR count). The van der Waals surface area contributed by atoms with E-state index in [1.54, 1.807) is 0 Å². The van der Waals surface area contributed by atoms with Crippen molar-refractivity contribution in [2.75, 3.05) is 0 Å². The lowest BCUT2D eigenvalue weighted by atomic mass is 10.4. The normalized spacial score (nSPS) is 11.5. The Kier molecular flexibility index (Phi) is 2.64. The third kappa shape index (κ3) is 2.17. The predicted octanol–water partition coefficient (Wildman–Crippen LogP) is 1.93. The second-order valence-electron chi connectivity index (χ2n) is 1.90. The molecule has 0 bridgehead atoms. The largest absolute Gasteiger partial charge is 0.284 e.